The molecule has 0 aliphatic heterocycles. The lowest BCUT2D eigenvalue weighted by molar-refractivity contribution is 0.639. The highest BCUT2D eigenvalue weighted by Gasteiger charge is 2.14. The lowest BCUT2D eigenvalue weighted by Gasteiger charge is -2.19. The molecule has 0 heterocycles. The monoisotopic (exact) mass is 899 g/mol. The zero-order valence-electron chi connectivity index (χ0n) is 41.6. The van der Waals surface area contributed by atoms with Crippen molar-refractivity contribution < 1.29 is 0 Å². The Hall–Kier alpha value is -5.89. The van der Waals surface area contributed by atoms with Crippen LogP contribution in [-0.4, -0.2) is 0 Å². The summed E-state index contributed by atoms with van der Waals surface area (Å²) in [7, 11) is 0. The van der Waals surface area contributed by atoms with E-state index in [1.165, 1.54) is 86.1 Å². The second kappa shape index (κ2) is 25.9. The predicted molar refractivity (Wildman–Crippen MR) is 299 cm³/mol. The quantitative estimate of drug-likeness (QED) is 0.0495. The molecule has 0 aliphatic carbocycles. The molecule has 0 spiro atoms. The third kappa shape index (κ3) is 14.1. The van der Waals surface area contributed by atoms with Gasteiger partial charge in [-0.15, -0.1) is 12.6 Å². The Kier molecular flexibility index (Phi) is 19.5. The molecular weight excluding hydrogens is 825 g/mol. The van der Waals surface area contributed by atoms with E-state index < -0.39 is 0 Å². The van der Waals surface area contributed by atoms with Gasteiger partial charge in [-0.05, 0) is 165 Å². The first-order valence-corrected chi connectivity index (χ1v) is 25.5. The molecule has 0 nitrogen and oxygen atoms in total. The van der Waals surface area contributed by atoms with E-state index in [2.05, 4.69) is 250 Å². The van der Waals surface area contributed by atoms with Crippen LogP contribution in [0.5, 0.6) is 0 Å². The minimum Gasteiger partial charge on any atom is -0.143 e. The van der Waals surface area contributed by atoms with Gasteiger partial charge < -0.3 is 0 Å². The maximum absolute atomic E-state index is 4.88. The van der Waals surface area contributed by atoms with E-state index in [9.17, 15) is 0 Å². The van der Waals surface area contributed by atoms with Crippen LogP contribution in [0.25, 0.3) is 45.0 Å². The molecule has 0 radical (unpaired) electrons. The van der Waals surface area contributed by atoms with Crippen LogP contribution in [0.4, 0.5) is 0 Å². The van der Waals surface area contributed by atoms with Gasteiger partial charge in [0, 0.05) is 4.90 Å². The first-order chi connectivity index (χ1) is 32.6. The minimum absolute atomic E-state index is 0.421. The van der Waals surface area contributed by atoms with Crippen LogP contribution in [-0.2, 0) is 6.42 Å². The van der Waals surface area contributed by atoms with Gasteiger partial charge in [0.1, 0.15) is 0 Å². The highest BCUT2D eigenvalue weighted by molar-refractivity contribution is 7.80. The van der Waals surface area contributed by atoms with Gasteiger partial charge in [-0.2, -0.15) is 0 Å². The highest BCUT2D eigenvalue weighted by Crippen LogP contribution is 2.35. The SMILES string of the molecule is CCC/C(=C\C(=C/CC(C)c1ccccc1)c1cccc(-c2cccc(-c3ccc(S)c(/C(C)=C/c4ccccc4CC)c3)c2)c1)c1ccccc1.CCCC(C)c1ccccc1C(C)CC. The van der Waals surface area contributed by atoms with E-state index in [0.717, 1.165) is 36.1 Å². The van der Waals surface area contributed by atoms with Gasteiger partial charge >= 0.3 is 0 Å². The number of benzene rings is 7. The third-order valence-electron chi connectivity index (χ3n) is 13.4. The van der Waals surface area contributed by atoms with Gasteiger partial charge in [0.15, 0.2) is 0 Å². The van der Waals surface area contributed by atoms with Gasteiger partial charge in [-0.3, -0.25) is 0 Å². The first-order valence-electron chi connectivity index (χ1n) is 25.0. The van der Waals surface area contributed by atoms with Gasteiger partial charge in [-0.25, -0.2) is 0 Å². The van der Waals surface area contributed by atoms with Gasteiger partial charge in [-0.1, -0.05) is 231 Å². The average molecular weight is 899 g/mol. The molecule has 7 aromatic rings. The number of aryl methyl sites for hydroxylation is 1. The Labute approximate surface area is 411 Å². The van der Waals surface area contributed by atoms with Crippen LogP contribution in [0.2, 0.25) is 0 Å². The molecule has 3 unspecified atom stereocenters. The summed E-state index contributed by atoms with van der Waals surface area (Å²) in [6.07, 6.45) is 15.1. The van der Waals surface area contributed by atoms with Crippen molar-refractivity contribution in [2.24, 2.45) is 0 Å². The summed E-state index contributed by atoms with van der Waals surface area (Å²) in [5, 5.41) is 0. The molecule has 0 saturated carbocycles. The summed E-state index contributed by atoms with van der Waals surface area (Å²) in [6.45, 7) is 18.2. The molecule has 7 aromatic carbocycles. The molecule has 0 amide bonds. The lowest BCUT2D eigenvalue weighted by atomic mass is 9.86. The molecule has 344 valence electrons. The standard InChI is InChI=1S/C51H50S.C15H24/c1-5-17-42(41-21-11-8-12-22-41)33-48(29-28-37(3)40-19-9-7-10-20-40)46-26-15-24-44(34-46)45-25-16-27-47(35-45)49-30-31-51(52)50(36-49)38(4)32-43-23-14-13-18-39(43)6-2;1-5-9-13(4)15-11-8-7-10-14(15)12(3)6-2/h7-16,18-27,29-37,52H,5-6,17,28H2,1-4H3;7-8,10-13H,5-6,9H2,1-4H3/b38-32+,42-33+,48-29+;. The molecular formula is C66H74S. The Bertz CT molecular complexity index is 2710. The fourth-order valence-corrected chi connectivity index (χ4v) is 9.52. The summed E-state index contributed by atoms with van der Waals surface area (Å²) in [4.78, 5) is 0.988. The van der Waals surface area contributed by atoms with Crippen LogP contribution in [0, 0.1) is 0 Å². The smallest absolute Gasteiger partial charge is 0.0116 e. The number of hydrogen-bond donors (Lipinski definition) is 1. The van der Waals surface area contributed by atoms with Crippen molar-refractivity contribution in [3.8, 4) is 22.3 Å². The Morgan fingerprint density at radius 2 is 1.12 bits per heavy atom. The summed E-state index contributed by atoms with van der Waals surface area (Å²) in [5.41, 5.74) is 19.5. The van der Waals surface area contributed by atoms with E-state index in [4.69, 9.17) is 12.6 Å². The molecule has 1 heteroatoms. The van der Waals surface area contributed by atoms with Gasteiger partial charge in [0.05, 0.1) is 0 Å². The fraction of sp³-hybridized carbons (Fsp3) is 0.273. The van der Waals surface area contributed by atoms with Crippen LogP contribution < -0.4 is 0 Å². The predicted octanol–water partition coefficient (Wildman–Crippen LogP) is 20.0. The van der Waals surface area contributed by atoms with Gasteiger partial charge in [0.25, 0.3) is 0 Å². The Morgan fingerprint density at radius 3 is 1.78 bits per heavy atom. The van der Waals surface area contributed by atoms with E-state index in [1.54, 1.807) is 11.1 Å². The summed E-state index contributed by atoms with van der Waals surface area (Å²) in [6, 6.07) is 63.9. The first kappa shape index (κ1) is 50.5. The number of hydrogen-bond acceptors (Lipinski definition) is 1. The normalized spacial score (nSPS) is 13.4. The van der Waals surface area contributed by atoms with Crippen LogP contribution in [0.1, 0.15) is 156 Å². The topological polar surface area (TPSA) is 0 Å². The highest BCUT2D eigenvalue weighted by atomic mass is 32.1. The summed E-state index contributed by atoms with van der Waals surface area (Å²) >= 11 is 4.88. The summed E-state index contributed by atoms with van der Waals surface area (Å²) in [5.74, 6) is 1.82. The van der Waals surface area contributed by atoms with Crippen LogP contribution in [0.3, 0.4) is 0 Å². The van der Waals surface area contributed by atoms with E-state index >= 15 is 0 Å². The van der Waals surface area contributed by atoms with Crippen molar-refractivity contribution in [1.82, 2.24) is 0 Å². The van der Waals surface area contributed by atoms with Gasteiger partial charge in [0.2, 0.25) is 0 Å². The molecule has 0 N–H and O–H groups in total. The van der Waals surface area contributed by atoms with Crippen molar-refractivity contribution in [3.05, 3.63) is 233 Å². The number of rotatable bonds is 18. The Morgan fingerprint density at radius 1 is 0.537 bits per heavy atom. The second-order valence-corrected chi connectivity index (χ2v) is 18.9. The second-order valence-electron chi connectivity index (χ2n) is 18.4. The largest absolute Gasteiger partial charge is 0.143 e. The molecule has 0 aliphatic rings. The van der Waals surface area contributed by atoms with E-state index in [-0.39, 0.29) is 0 Å². The molecule has 3 atom stereocenters. The minimum atomic E-state index is 0.421. The summed E-state index contributed by atoms with van der Waals surface area (Å²) < 4.78 is 0. The molecule has 0 bridgehead atoms. The lowest BCUT2D eigenvalue weighted by Crippen LogP contribution is -2.02. The number of thiol groups is 1. The van der Waals surface area contributed by atoms with Crippen molar-refractivity contribution in [2.45, 2.75) is 123 Å². The fourth-order valence-electron chi connectivity index (χ4n) is 9.20. The van der Waals surface area contributed by atoms with Crippen molar-refractivity contribution in [2.75, 3.05) is 0 Å². The van der Waals surface area contributed by atoms with Crippen molar-refractivity contribution in [3.63, 3.8) is 0 Å². The van der Waals surface area contributed by atoms with Crippen molar-refractivity contribution in [1.29, 1.82) is 0 Å². The maximum Gasteiger partial charge on any atom is 0.0116 e. The van der Waals surface area contributed by atoms with E-state index in [1.807, 2.05) is 0 Å². The van der Waals surface area contributed by atoms with Crippen molar-refractivity contribution >= 4 is 35.4 Å². The Balaban J connectivity index is 0.000000421. The van der Waals surface area contributed by atoms with E-state index in [0.29, 0.717) is 17.8 Å². The molecule has 0 aromatic heterocycles. The third-order valence-corrected chi connectivity index (χ3v) is 13.8. The molecule has 7 rings (SSSR count). The maximum atomic E-state index is 4.88. The molecule has 0 saturated heterocycles. The number of allylic oxidation sites excluding steroid dienone is 5. The van der Waals surface area contributed by atoms with Crippen LogP contribution >= 0.6 is 12.6 Å². The van der Waals surface area contributed by atoms with Crippen LogP contribution in [0.15, 0.2) is 193 Å². The molecule has 0 fully saturated rings. The zero-order valence-corrected chi connectivity index (χ0v) is 42.5. The average Bonchev–Trinajstić information content (AvgIpc) is 3.38. The molecule has 67 heavy (non-hydrogen) atoms. The zero-order chi connectivity index (χ0) is 47.5.